The summed E-state index contributed by atoms with van der Waals surface area (Å²) in [6.45, 7) is 8.71. The van der Waals surface area contributed by atoms with Gasteiger partial charge in [0, 0.05) is 19.7 Å². The number of aryl methyl sites for hydroxylation is 1. The molecule has 108 valence electrons. The first-order chi connectivity index (χ1) is 9.11. The van der Waals surface area contributed by atoms with Crippen molar-refractivity contribution >= 4 is 16.5 Å². The van der Waals surface area contributed by atoms with E-state index in [0.717, 1.165) is 54.7 Å². The largest absolute Gasteiger partial charge is 0.388 e. The molecule has 1 aliphatic rings. The molecular weight excluding hydrogens is 260 g/mol. The van der Waals surface area contributed by atoms with E-state index in [9.17, 15) is 5.11 Å². The summed E-state index contributed by atoms with van der Waals surface area (Å²) in [6, 6.07) is 0. The lowest BCUT2D eigenvalue weighted by molar-refractivity contribution is 0.0440. The van der Waals surface area contributed by atoms with Gasteiger partial charge in [-0.2, -0.15) is 0 Å². The van der Waals surface area contributed by atoms with Crippen LogP contribution in [-0.2, 0) is 4.74 Å². The third-order valence-corrected chi connectivity index (χ3v) is 4.80. The van der Waals surface area contributed by atoms with E-state index in [0.29, 0.717) is 6.10 Å². The fourth-order valence-electron chi connectivity index (χ4n) is 2.45. The maximum Gasteiger partial charge on any atom is 0.185 e. The van der Waals surface area contributed by atoms with Crippen LogP contribution in [0.15, 0.2) is 0 Å². The third kappa shape index (κ3) is 3.68. The Balaban J connectivity index is 2.02. The van der Waals surface area contributed by atoms with Crippen molar-refractivity contribution in [2.75, 3.05) is 24.6 Å². The van der Waals surface area contributed by atoms with Gasteiger partial charge < -0.3 is 14.7 Å². The van der Waals surface area contributed by atoms with Crippen molar-refractivity contribution in [2.24, 2.45) is 0 Å². The number of aromatic nitrogens is 1. The minimum Gasteiger partial charge on any atom is -0.388 e. The minimum absolute atomic E-state index is 0.327. The van der Waals surface area contributed by atoms with E-state index in [4.69, 9.17) is 4.74 Å². The number of piperidine rings is 1. The smallest absolute Gasteiger partial charge is 0.185 e. The van der Waals surface area contributed by atoms with E-state index in [1.807, 2.05) is 6.92 Å². The van der Waals surface area contributed by atoms with Crippen molar-refractivity contribution in [1.82, 2.24) is 4.98 Å². The highest BCUT2D eigenvalue weighted by molar-refractivity contribution is 7.15. The molecule has 0 saturated carbocycles. The Bertz CT molecular complexity index is 406. The molecule has 1 saturated heterocycles. The van der Waals surface area contributed by atoms with Gasteiger partial charge in [0.2, 0.25) is 0 Å². The number of anilines is 1. The summed E-state index contributed by atoms with van der Waals surface area (Å²) < 4.78 is 5.85. The summed E-state index contributed by atoms with van der Waals surface area (Å²) in [4.78, 5) is 7.88. The summed E-state index contributed by atoms with van der Waals surface area (Å²) in [5.41, 5.74) is 0.951. The number of thiazole rings is 1. The zero-order chi connectivity index (χ0) is 13.8. The zero-order valence-electron chi connectivity index (χ0n) is 12.1. The molecule has 4 nitrogen and oxygen atoms in total. The van der Waals surface area contributed by atoms with Crippen LogP contribution >= 0.6 is 11.3 Å². The van der Waals surface area contributed by atoms with Gasteiger partial charge in [-0.15, -0.1) is 0 Å². The summed E-state index contributed by atoms with van der Waals surface area (Å²) >= 11 is 1.61. The van der Waals surface area contributed by atoms with E-state index in [2.05, 4.69) is 16.8 Å². The summed E-state index contributed by atoms with van der Waals surface area (Å²) in [5, 5.41) is 10.7. The van der Waals surface area contributed by atoms with E-state index in [1.165, 1.54) is 0 Å². The number of rotatable bonds is 5. The molecule has 0 radical (unpaired) electrons. The maximum atomic E-state index is 9.71. The van der Waals surface area contributed by atoms with Crippen molar-refractivity contribution in [2.45, 2.75) is 52.2 Å². The Morgan fingerprint density at radius 2 is 2.37 bits per heavy atom. The predicted molar refractivity (Wildman–Crippen MR) is 79.0 cm³/mol. The average molecular weight is 284 g/mol. The Morgan fingerprint density at radius 3 is 3.00 bits per heavy atom. The maximum absolute atomic E-state index is 9.71. The van der Waals surface area contributed by atoms with Crippen LogP contribution in [0.3, 0.4) is 0 Å². The molecule has 1 aromatic rings. The van der Waals surface area contributed by atoms with Crippen molar-refractivity contribution in [1.29, 1.82) is 0 Å². The van der Waals surface area contributed by atoms with E-state index >= 15 is 0 Å². The number of nitrogens with zero attached hydrogens (tertiary/aromatic N) is 2. The highest BCUT2D eigenvalue weighted by Crippen LogP contribution is 2.32. The summed E-state index contributed by atoms with van der Waals surface area (Å²) in [7, 11) is 0. The van der Waals surface area contributed by atoms with Gasteiger partial charge in [-0.25, -0.2) is 4.98 Å². The molecule has 19 heavy (non-hydrogen) atoms. The third-order valence-electron chi connectivity index (χ3n) is 3.41. The second-order valence-electron chi connectivity index (χ2n) is 5.20. The number of aliphatic hydroxyl groups is 1. The molecule has 1 fully saturated rings. The Morgan fingerprint density at radius 1 is 1.58 bits per heavy atom. The molecule has 1 N–H and O–H groups in total. The molecule has 0 bridgehead atoms. The predicted octanol–water partition coefficient (Wildman–Crippen LogP) is 2.90. The SMILES string of the molecule is CCCOC1CCCN(c2nc(C)c(C(C)O)s2)C1. The van der Waals surface area contributed by atoms with Crippen LogP contribution in [0.2, 0.25) is 0 Å². The Kier molecular flexibility index (Phi) is 5.19. The molecule has 0 amide bonds. The second kappa shape index (κ2) is 6.68. The van der Waals surface area contributed by atoms with Gasteiger partial charge in [0.25, 0.3) is 0 Å². The van der Waals surface area contributed by atoms with Gasteiger partial charge in [-0.05, 0) is 33.1 Å². The fourth-order valence-corrected chi connectivity index (χ4v) is 3.49. The standard InChI is InChI=1S/C14H24N2O2S/c1-4-8-18-12-6-5-7-16(9-12)14-15-10(2)13(19-14)11(3)17/h11-12,17H,4-9H2,1-3H3. The topological polar surface area (TPSA) is 45.6 Å². The van der Waals surface area contributed by atoms with E-state index in [-0.39, 0.29) is 0 Å². The first-order valence-corrected chi connectivity index (χ1v) is 7.95. The highest BCUT2D eigenvalue weighted by atomic mass is 32.1. The minimum atomic E-state index is -0.428. The number of hydrogen-bond acceptors (Lipinski definition) is 5. The second-order valence-corrected chi connectivity index (χ2v) is 6.21. The molecule has 2 unspecified atom stereocenters. The van der Waals surface area contributed by atoms with Crippen molar-refractivity contribution in [3.63, 3.8) is 0 Å². The lowest BCUT2D eigenvalue weighted by Gasteiger charge is -2.32. The molecule has 5 heteroatoms. The van der Waals surface area contributed by atoms with Crippen LogP contribution in [0.4, 0.5) is 5.13 Å². The van der Waals surface area contributed by atoms with Crippen LogP contribution < -0.4 is 4.90 Å². The van der Waals surface area contributed by atoms with Gasteiger partial charge >= 0.3 is 0 Å². The van der Waals surface area contributed by atoms with Crippen LogP contribution in [-0.4, -0.2) is 35.9 Å². The van der Waals surface area contributed by atoms with Crippen molar-refractivity contribution in [3.05, 3.63) is 10.6 Å². The van der Waals surface area contributed by atoms with E-state index < -0.39 is 6.10 Å². The van der Waals surface area contributed by atoms with Crippen molar-refractivity contribution in [3.8, 4) is 0 Å². The molecule has 2 heterocycles. The Hall–Kier alpha value is -0.650. The van der Waals surface area contributed by atoms with Crippen LogP contribution in [0, 0.1) is 6.92 Å². The quantitative estimate of drug-likeness (QED) is 0.903. The first-order valence-electron chi connectivity index (χ1n) is 7.13. The fraction of sp³-hybridized carbons (Fsp3) is 0.786. The average Bonchev–Trinajstić information content (AvgIpc) is 2.79. The lowest BCUT2D eigenvalue weighted by Crippen LogP contribution is -2.39. The molecule has 1 aliphatic heterocycles. The molecule has 2 rings (SSSR count). The molecule has 0 aromatic carbocycles. The normalized spacial score (nSPS) is 21.7. The summed E-state index contributed by atoms with van der Waals surface area (Å²) in [6.07, 6.45) is 3.26. The van der Waals surface area contributed by atoms with Gasteiger partial charge in [0.1, 0.15) is 0 Å². The number of hydrogen-bond donors (Lipinski definition) is 1. The summed E-state index contributed by atoms with van der Waals surface area (Å²) in [5.74, 6) is 0. The molecule has 0 spiro atoms. The molecule has 1 aromatic heterocycles. The molecule has 0 aliphatic carbocycles. The van der Waals surface area contributed by atoms with Crippen LogP contribution in [0.1, 0.15) is 49.8 Å². The van der Waals surface area contributed by atoms with Gasteiger partial charge in [0.15, 0.2) is 5.13 Å². The van der Waals surface area contributed by atoms with E-state index in [1.54, 1.807) is 18.3 Å². The monoisotopic (exact) mass is 284 g/mol. The van der Waals surface area contributed by atoms with Gasteiger partial charge in [0.05, 0.1) is 22.8 Å². The van der Waals surface area contributed by atoms with Gasteiger partial charge in [-0.3, -0.25) is 0 Å². The molecule has 2 atom stereocenters. The Labute approximate surface area is 119 Å². The van der Waals surface area contributed by atoms with Crippen LogP contribution in [0.25, 0.3) is 0 Å². The lowest BCUT2D eigenvalue weighted by atomic mass is 10.1. The van der Waals surface area contributed by atoms with Crippen molar-refractivity contribution < 1.29 is 9.84 Å². The van der Waals surface area contributed by atoms with Gasteiger partial charge in [-0.1, -0.05) is 18.3 Å². The highest BCUT2D eigenvalue weighted by Gasteiger charge is 2.24. The number of ether oxygens (including phenoxy) is 1. The van der Waals surface area contributed by atoms with Crippen LogP contribution in [0.5, 0.6) is 0 Å². The first kappa shape index (κ1) is 14.8. The zero-order valence-corrected chi connectivity index (χ0v) is 12.9. The molecular formula is C14H24N2O2S. The number of aliphatic hydroxyl groups excluding tert-OH is 1.